The molecular weight excluding hydrogens is 222 g/mol. The Labute approximate surface area is 90.4 Å². The van der Waals surface area contributed by atoms with Crippen LogP contribution in [0, 0.1) is 10.1 Å². The fraction of sp³-hybridized carbons (Fsp3) is 0.222. The first kappa shape index (κ1) is 11.5. The van der Waals surface area contributed by atoms with Crippen molar-refractivity contribution in [3.8, 4) is 0 Å². The van der Waals surface area contributed by atoms with Crippen molar-refractivity contribution in [2.45, 2.75) is 12.8 Å². The maximum Gasteiger partial charge on any atom is 0.303 e. The van der Waals surface area contributed by atoms with Gasteiger partial charge in [0.2, 0.25) is 0 Å². The van der Waals surface area contributed by atoms with E-state index in [1.165, 1.54) is 18.2 Å². The Bertz CT molecular complexity index is 405. The minimum atomic E-state index is -0.913. The third-order valence-corrected chi connectivity index (χ3v) is 2.14. The molecule has 1 aromatic rings. The van der Waals surface area contributed by atoms with Gasteiger partial charge < -0.3 is 5.11 Å². The van der Waals surface area contributed by atoms with Crippen molar-refractivity contribution in [2.75, 3.05) is 0 Å². The lowest BCUT2D eigenvalue weighted by atomic mass is 10.1. The lowest BCUT2D eigenvalue weighted by Gasteiger charge is -2.00. The van der Waals surface area contributed by atoms with Gasteiger partial charge in [-0.2, -0.15) is 0 Å². The SMILES string of the molecule is O=C(O)CCc1ccc([N+](=O)[O-])c(Cl)c1. The molecular formula is C9H8ClNO4. The van der Waals surface area contributed by atoms with E-state index in [9.17, 15) is 14.9 Å². The van der Waals surface area contributed by atoms with Crippen LogP contribution in [-0.2, 0) is 11.2 Å². The van der Waals surface area contributed by atoms with Gasteiger partial charge in [-0.25, -0.2) is 0 Å². The van der Waals surface area contributed by atoms with E-state index in [-0.39, 0.29) is 17.1 Å². The third-order valence-electron chi connectivity index (χ3n) is 1.84. The maximum absolute atomic E-state index is 10.4. The summed E-state index contributed by atoms with van der Waals surface area (Å²) >= 11 is 5.65. The zero-order valence-electron chi connectivity index (χ0n) is 7.64. The van der Waals surface area contributed by atoms with Crippen LogP contribution in [0.4, 0.5) is 5.69 Å². The van der Waals surface area contributed by atoms with Crippen molar-refractivity contribution >= 4 is 23.3 Å². The first-order valence-corrected chi connectivity index (χ1v) is 4.53. The summed E-state index contributed by atoms with van der Waals surface area (Å²) in [5, 5.41) is 18.9. The van der Waals surface area contributed by atoms with Crippen LogP contribution in [0.15, 0.2) is 18.2 Å². The van der Waals surface area contributed by atoms with Gasteiger partial charge in [0.05, 0.1) is 4.92 Å². The second-order valence-corrected chi connectivity index (χ2v) is 3.34. The second-order valence-electron chi connectivity index (χ2n) is 2.94. The molecule has 0 saturated carbocycles. The van der Waals surface area contributed by atoms with Crippen LogP contribution in [0.5, 0.6) is 0 Å². The first-order chi connectivity index (χ1) is 7.00. The van der Waals surface area contributed by atoms with E-state index in [0.717, 1.165) is 0 Å². The lowest BCUT2D eigenvalue weighted by molar-refractivity contribution is -0.384. The molecule has 0 aliphatic heterocycles. The molecule has 15 heavy (non-hydrogen) atoms. The van der Waals surface area contributed by atoms with Crippen molar-refractivity contribution in [1.82, 2.24) is 0 Å². The lowest BCUT2D eigenvalue weighted by Crippen LogP contribution is -1.98. The van der Waals surface area contributed by atoms with Crippen molar-refractivity contribution in [3.63, 3.8) is 0 Å². The Balaban J connectivity index is 2.82. The highest BCUT2D eigenvalue weighted by molar-refractivity contribution is 6.32. The van der Waals surface area contributed by atoms with Crippen LogP contribution in [0.2, 0.25) is 5.02 Å². The normalized spacial score (nSPS) is 9.93. The summed E-state index contributed by atoms with van der Waals surface area (Å²) in [6.45, 7) is 0. The fourth-order valence-corrected chi connectivity index (χ4v) is 1.38. The molecule has 80 valence electrons. The highest BCUT2D eigenvalue weighted by atomic mass is 35.5. The van der Waals surface area contributed by atoms with Crippen molar-refractivity contribution in [2.24, 2.45) is 0 Å². The van der Waals surface area contributed by atoms with Crippen LogP contribution >= 0.6 is 11.6 Å². The molecule has 0 heterocycles. The predicted octanol–water partition coefficient (Wildman–Crippen LogP) is 2.27. The Morgan fingerprint density at radius 2 is 2.20 bits per heavy atom. The zero-order chi connectivity index (χ0) is 11.4. The number of aryl methyl sites for hydroxylation is 1. The van der Waals surface area contributed by atoms with Gasteiger partial charge in [0.15, 0.2) is 0 Å². The number of carbonyl (C=O) groups is 1. The third kappa shape index (κ3) is 3.21. The summed E-state index contributed by atoms with van der Waals surface area (Å²) in [6, 6.07) is 4.20. The topological polar surface area (TPSA) is 80.4 Å². The number of nitro benzene ring substituents is 1. The molecule has 0 aliphatic carbocycles. The smallest absolute Gasteiger partial charge is 0.303 e. The monoisotopic (exact) mass is 229 g/mol. The van der Waals surface area contributed by atoms with Gasteiger partial charge in [0.1, 0.15) is 5.02 Å². The molecule has 1 N–H and O–H groups in total. The molecule has 0 aliphatic rings. The standard InChI is InChI=1S/C9H8ClNO4/c10-7-5-6(2-4-9(12)13)1-3-8(7)11(14)15/h1,3,5H,2,4H2,(H,12,13). The van der Waals surface area contributed by atoms with Gasteiger partial charge in [-0.3, -0.25) is 14.9 Å². The van der Waals surface area contributed by atoms with Crippen LogP contribution in [0.1, 0.15) is 12.0 Å². The fourth-order valence-electron chi connectivity index (χ4n) is 1.11. The van der Waals surface area contributed by atoms with Gasteiger partial charge in [-0.05, 0) is 18.1 Å². The maximum atomic E-state index is 10.4. The first-order valence-electron chi connectivity index (χ1n) is 4.15. The van der Waals surface area contributed by atoms with Gasteiger partial charge in [0.25, 0.3) is 5.69 Å². The molecule has 0 fully saturated rings. The number of halogens is 1. The predicted molar refractivity (Wildman–Crippen MR) is 54.1 cm³/mol. The van der Waals surface area contributed by atoms with E-state index in [1.807, 2.05) is 0 Å². The highest BCUT2D eigenvalue weighted by Crippen LogP contribution is 2.25. The summed E-state index contributed by atoms with van der Waals surface area (Å²) in [4.78, 5) is 20.1. The van der Waals surface area contributed by atoms with Gasteiger partial charge >= 0.3 is 5.97 Å². The van der Waals surface area contributed by atoms with Crippen molar-refractivity contribution < 1.29 is 14.8 Å². The van der Waals surface area contributed by atoms with Crippen LogP contribution in [0.3, 0.4) is 0 Å². The molecule has 0 spiro atoms. The summed E-state index contributed by atoms with van der Waals surface area (Å²) in [7, 11) is 0. The number of carboxylic acid groups (broad SMARTS) is 1. The van der Waals surface area contributed by atoms with E-state index in [1.54, 1.807) is 0 Å². The Hall–Kier alpha value is -1.62. The number of benzene rings is 1. The summed E-state index contributed by atoms with van der Waals surface area (Å²) in [5.74, 6) is -0.913. The number of nitro groups is 1. The molecule has 5 nitrogen and oxygen atoms in total. The summed E-state index contributed by atoms with van der Waals surface area (Å²) < 4.78 is 0. The largest absolute Gasteiger partial charge is 0.481 e. The van der Waals surface area contributed by atoms with Gasteiger partial charge in [0, 0.05) is 12.5 Å². The zero-order valence-corrected chi connectivity index (χ0v) is 8.40. The number of aliphatic carboxylic acids is 1. The molecule has 0 radical (unpaired) electrons. The van der Waals surface area contributed by atoms with Crippen LogP contribution < -0.4 is 0 Å². The number of rotatable bonds is 4. The van der Waals surface area contributed by atoms with E-state index in [4.69, 9.17) is 16.7 Å². The molecule has 0 bridgehead atoms. The van der Waals surface area contributed by atoms with Crippen molar-refractivity contribution in [3.05, 3.63) is 38.9 Å². The van der Waals surface area contributed by atoms with Crippen LogP contribution in [0.25, 0.3) is 0 Å². The van der Waals surface area contributed by atoms with E-state index in [2.05, 4.69) is 0 Å². The Morgan fingerprint density at radius 3 is 2.67 bits per heavy atom. The molecule has 0 amide bonds. The van der Waals surface area contributed by atoms with Crippen LogP contribution in [-0.4, -0.2) is 16.0 Å². The minimum Gasteiger partial charge on any atom is -0.481 e. The van der Waals surface area contributed by atoms with E-state index < -0.39 is 10.9 Å². The average Bonchev–Trinajstić information content (AvgIpc) is 2.14. The van der Waals surface area contributed by atoms with E-state index in [0.29, 0.717) is 12.0 Å². The quantitative estimate of drug-likeness (QED) is 0.634. The van der Waals surface area contributed by atoms with E-state index >= 15 is 0 Å². The number of carboxylic acids is 1. The summed E-state index contributed by atoms with van der Waals surface area (Å²) in [5.41, 5.74) is 0.503. The molecule has 6 heteroatoms. The number of hydrogen-bond acceptors (Lipinski definition) is 3. The minimum absolute atomic E-state index is 0.0197. The van der Waals surface area contributed by atoms with Gasteiger partial charge in [-0.15, -0.1) is 0 Å². The van der Waals surface area contributed by atoms with Crippen molar-refractivity contribution in [1.29, 1.82) is 0 Å². The Morgan fingerprint density at radius 1 is 1.53 bits per heavy atom. The van der Waals surface area contributed by atoms with Gasteiger partial charge in [-0.1, -0.05) is 17.7 Å². The molecule has 1 rings (SSSR count). The molecule has 0 saturated heterocycles. The molecule has 1 aromatic carbocycles. The molecule has 0 aromatic heterocycles. The second kappa shape index (κ2) is 4.75. The average molecular weight is 230 g/mol. The number of hydrogen-bond donors (Lipinski definition) is 1. The summed E-state index contributed by atoms with van der Waals surface area (Å²) in [6.07, 6.45) is 0.293. The molecule has 0 unspecified atom stereocenters. The number of nitrogens with zero attached hydrogens (tertiary/aromatic N) is 1. The Kier molecular flexibility index (Phi) is 3.62. The molecule has 0 atom stereocenters. The highest BCUT2D eigenvalue weighted by Gasteiger charge is 2.12.